The van der Waals surface area contributed by atoms with Crippen LogP contribution in [0.25, 0.3) is 0 Å². The van der Waals surface area contributed by atoms with E-state index in [1.807, 2.05) is 42.5 Å². The monoisotopic (exact) mass is 198 g/mol. The molecule has 0 aliphatic heterocycles. The molecule has 0 saturated carbocycles. The first-order valence-corrected chi connectivity index (χ1v) is 4.82. The molecule has 1 nitrogen and oxygen atoms in total. The zero-order valence-corrected chi connectivity index (χ0v) is 8.23. The van der Waals surface area contributed by atoms with Crippen LogP contribution in [0.3, 0.4) is 0 Å². The highest BCUT2D eigenvalue weighted by molar-refractivity contribution is 6.44. The average molecular weight is 198 g/mol. The minimum absolute atomic E-state index is 0.378. The summed E-state index contributed by atoms with van der Waals surface area (Å²) >= 11 is 0. The Labute approximate surface area is 89.3 Å². The van der Waals surface area contributed by atoms with E-state index >= 15 is 0 Å². The Hall–Kier alpha value is -1.64. The lowest BCUT2D eigenvalue weighted by Crippen LogP contribution is -2.15. The smallest absolute Gasteiger partial charge is 0.333 e. The summed E-state index contributed by atoms with van der Waals surface area (Å²) in [7, 11) is 0.522. The summed E-state index contributed by atoms with van der Waals surface area (Å²) in [5.74, 6) is 0. The van der Waals surface area contributed by atoms with Crippen LogP contribution in [-0.2, 0) is 6.42 Å². The Morgan fingerprint density at radius 3 is 2.53 bits per heavy atom. The van der Waals surface area contributed by atoms with Gasteiger partial charge in [0.2, 0.25) is 0 Å². The van der Waals surface area contributed by atoms with E-state index < -0.39 is 0 Å². The van der Waals surface area contributed by atoms with Gasteiger partial charge in [-0.2, -0.15) is 0 Å². The van der Waals surface area contributed by atoms with Crippen LogP contribution in [0.4, 0.5) is 4.32 Å². The molecular formula is C12H10BFN. The number of hydrogen-bond donors (Lipinski definition) is 0. The predicted octanol–water partition coefficient (Wildman–Crippen LogP) is 1.89. The van der Waals surface area contributed by atoms with Gasteiger partial charge < -0.3 is 4.32 Å². The molecule has 0 aliphatic carbocycles. The molecule has 2 aromatic rings. The predicted molar refractivity (Wildman–Crippen MR) is 60.0 cm³/mol. The van der Waals surface area contributed by atoms with Gasteiger partial charge in [-0.05, 0) is 17.7 Å². The molecule has 3 heteroatoms. The van der Waals surface area contributed by atoms with Crippen molar-refractivity contribution in [2.45, 2.75) is 6.42 Å². The summed E-state index contributed by atoms with van der Waals surface area (Å²) < 4.78 is 12.3. The van der Waals surface area contributed by atoms with Crippen LogP contribution in [-0.4, -0.2) is 12.5 Å². The highest BCUT2D eigenvalue weighted by atomic mass is 19.1. The van der Waals surface area contributed by atoms with Gasteiger partial charge in [-0.15, -0.1) is 0 Å². The standard InChI is InChI=1S/C12H10BFN/c14-13-12-8-4-7-11(15-12)9-10-5-2-1-3-6-10/h1-8H,9H2. The number of hydrogen-bond acceptors (Lipinski definition) is 1. The third-order valence-electron chi connectivity index (χ3n) is 2.17. The third kappa shape index (κ3) is 2.66. The SMILES string of the molecule is F[B]c1cccc(Cc2ccccc2)n1. The molecule has 2 rings (SSSR count). The Morgan fingerprint density at radius 1 is 1.00 bits per heavy atom. The quantitative estimate of drug-likeness (QED) is 0.686. The number of aromatic nitrogens is 1. The second-order valence-corrected chi connectivity index (χ2v) is 3.33. The largest absolute Gasteiger partial charge is 0.411 e. The summed E-state index contributed by atoms with van der Waals surface area (Å²) in [6.45, 7) is 0. The number of halogens is 1. The molecule has 1 heterocycles. The molecule has 0 N–H and O–H groups in total. The maximum Gasteiger partial charge on any atom is 0.411 e. The molecule has 0 unspecified atom stereocenters. The van der Waals surface area contributed by atoms with Gasteiger partial charge in [-0.25, -0.2) is 0 Å². The van der Waals surface area contributed by atoms with E-state index in [4.69, 9.17) is 0 Å². The zero-order chi connectivity index (χ0) is 10.5. The van der Waals surface area contributed by atoms with Gasteiger partial charge >= 0.3 is 7.56 Å². The molecule has 0 spiro atoms. The summed E-state index contributed by atoms with van der Waals surface area (Å²) in [6.07, 6.45) is 0.739. The maximum atomic E-state index is 12.3. The molecule has 0 atom stereocenters. The Kier molecular flexibility index (Phi) is 3.13. The lowest BCUT2D eigenvalue weighted by Gasteiger charge is -2.01. The average Bonchev–Trinajstić information content (AvgIpc) is 2.31. The Balaban J connectivity index is 2.17. The zero-order valence-electron chi connectivity index (χ0n) is 8.23. The molecule has 0 amide bonds. The van der Waals surface area contributed by atoms with Crippen LogP contribution in [0.15, 0.2) is 48.5 Å². The first kappa shape index (κ1) is 9.90. The molecule has 0 bridgehead atoms. The highest BCUT2D eigenvalue weighted by Gasteiger charge is 2.00. The molecule has 15 heavy (non-hydrogen) atoms. The summed E-state index contributed by atoms with van der Waals surface area (Å²) in [6, 6.07) is 15.4. The van der Waals surface area contributed by atoms with Crippen molar-refractivity contribution < 1.29 is 4.32 Å². The van der Waals surface area contributed by atoms with Crippen molar-refractivity contribution >= 4 is 13.1 Å². The lowest BCUT2D eigenvalue weighted by atomic mass is 9.97. The molecule has 0 saturated heterocycles. The maximum absolute atomic E-state index is 12.3. The number of benzene rings is 1. The van der Waals surface area contributed by atoms with Gasteiger partial charge in [0.05, 0.1) is 0 Å². The fourth-order valence-corrected chi connectivity index (χ4v) is 1.46. The van der Waals surface area contributed by atoms with Gasteiger partial charge in [0, 0.05) is 17.7 Å². The van der Waals surface area contributed by atoms with E-state index in [2.05, 4.69) is 4.98 Å². The van der Waals surface area contributed by atoms with E-state index in [9.17, 15) is 4.32 Å². The third-order valence-corrected chi connectivity index (χ3v) is 2.17. The van der Waals surface area contributed by atoms with Gasteiger partial charge in [0.1, 0.15) is 0 Å². The van der Waals surface area contributed by atoms with Crippen molar-refractivity contribution in [2.24, 2.45) is 0 Å². The van der Waals surface area contributed by atoms with Crippen molar-refractivity contribution in [1.82, 2.24) is 4.98 Å². The second kappa shape index (κ2) is 4.74. The first-order valence-electron chi connectivity index (χ1n) is 4.82. The Bertz CT molecular complexity index is 431. The number of rotatable bonds is 3. The summed E-state index contributed by atoms with van der Waals surface area (Å²) in [5.41, 5.74) is 2.44. The van der Waals surface area contributed by atoms with Crippen LogP contribution in [0.1, 0.15) is 11.3 Å². The van der Waals surface area contributed by atoms with E-state index in [1.165, 1.54) is 5.56 Å². The number of pyridine rings is 1. The summed E-state index contributed by atoms with van der Waals surface area (Å²) in [4.78, 5) is 4.16. The molecule has 0 fully saturated rings. The number of nitrogens with zero attached hydrogens (tertiary/aromatic N) is 1. The molecule has 1 radical (unpaired) electrons. The minimum Gasteiger partial charge on any atom is -0.333 e. The minimum atomic E-state index is 0.378. The summed E-state index contributed by atoms with van der Waals surface area (Å²) in [5, 5.41) is 0. The fraction of sp³-hybridized carbons (Fsp3) is 0.0833. The lowest BCUT2D eigenvalue weighted by molar-refractivity contribution is 0.880. The van der Waals surface area contributed by atoms with Crippen LogP contribution < -0.4 is 5.59 Å². The van der Waals surface area contributed by atoms with Crippen molar-refractivity contribution in [1.29, 1.82) is 0 Å². The van der Waals surface area contributed by atoms with Gasteiger partial charge in [0.25, 0.3) is 0 Å². The van der Waals surface area contributed by atoms with Crippen LogP contribution in [0, 0.1) is 0 Å². The topological polar surface area (TPSA) is 12.9 Å². The van der Waals surface area contributed by atoms with Crippen molar-refractivity contribution in [3.05, 3.63) is 59.8 Å². The van der Waals surface area contributed by atoms with Crippen molar-refractivity contribution in [3.8, 4) is 0 Å². The molecule has 73 valence electrons. The Morgan fingerprint density at radius 2 is 1.80 bits per heavy atom. The first-order chi connectivity index (χ1) is 7.38. The molecular weight excluding hydrogens is 188 g/mol. The highest BCUT2D eigenvalue weighted by Crippen LogP contribution is 2.05. The van der Waals surface area contributed by atoms with Crippen LogP contribution in [0.5, 0.6) is 0 Å². The van der Waals surface area contributed by atoms with Crippen LogP contribution in [0.2, 0.25) is 0 Å². The second-order valence-electron chi connectivity index (χ2n) is 3.33. The van der Waals surface area contributed by atoms with E-state index in [1.54, 1.807) is 6.07 Å². The van der Waals surface area contributed by atoms with E-state index in [0.29, 0.717) is 13.1 Å². The fourth-order valence-electron chi connectivity index (χ4n) is 1.46. The van der Waals surface area contributed by atoms with E-state index in [-0.39, 0.29) is 0 Å². The molecule has 0 aliphatic rings. The van der Waals surface area contributed by atoms with Crippen molar-refractivity contribution in [3.63, 3.8) is 0 Å². The normalized spacial score (nSPS) is 9.93. The van der Waals surface area contributed by atoms with Crippen molar-refractivity contribution in [2.75, 3.05) is 0 Å². The molecule has 1 aromatic heterocycles. The molecule has 1 aromatic carbocycles. The van der Waals surface area contributed by atoms with Crippen LogP contribution >= 0.6 is 0 Å². The van der Waals surface area contributed by atoms with Gasteiger partial charge in [-0.3, -0.25) is 4.98 Å². The van der Waals surface area contributed by atoms with Gasteiger partial charge in [0.15, 0.2) is 0 Å². The van der Waals surface area contributed by atoms with E-state index in [0.717, 1.165) is 12.1 Å². The van der Waals surface area contributed by atoms with Gasteiger partial charge in [-0.1, -0.05) is 36.4 Å².